The highest BCUT2D eigenvalue weighted by Crippen LogP contribution is 2.24. The Morgan fingerprint density at radius 2 is 1.87 bits per heavy atom. The number of aryl methyl sites for hydroxylation is 2. The van der Waals surface area contributed by atoms with Crippen molar-refractivity contribution in [3.05, 3.63) is 28.8 Å². The zero-order chi connectivity index (χ0) is 11.3. The number of nitrogens with two attached hydrogens (primary N) is 1. The highest BCUT2D eigenvalue weighted by atomic mass is 16.5. The topological polar surface area (TPSA) is 47.3 Å². The lowest BCUT2D eigenvalue weighted by Crippen LogP contribution is -2.21. The van der Waals surface area contributed by atoms with Crippen LogP contribution < -0.4 is 15.8 Å². The number of hydrogen-bond acceptors (Lipinski definition) is 3. The second kappa shape index (κ2) is 5.73. The molecule has 0 aliphatic rings. The average molecular weight is 208 g/mol. The van der Waals surface area contributed by atoms with Crippen LogP contribution in [0.1, 0.15) is 16.7 Å². The van der Waals surface area contributed by atoms with Crippen LogP contribution in [0.2, 0.25) is 0 Å². The molecule has 84 valence electrons. The zero-order valence-corrected chi connectivity index (χ0v) is 9.76. The van der Waals surface area contributed by atoms with Crippen LogP contribution in [-0.2, 0) is 6.54 Å². The minimum atomic E-state index is 0.675. The van der Waals surface area contributed by atoms with Gasteiger partial charge in [0.2, 0.25) is 0 Å². The molecule has 0 aliphatic carbocycles. The van der Waals surface area contributed by atoms with Crippen LogP contribution in [0.4, 0.5) is 0 Å². The van der Waals surface area contributed by atoms with Crippen molar-refractivity contribution in [2.75, 3.05) is 20.2 Å². The average Bonchev–Trinajstić information content (AvgIpc) is 2.18. The molecular formula is C12H20N2O. The fraction of sp³-hybridized carbons (Fsp3) is 0.500. The molecule has 0 saturated carbocycles. The van der Waals surface area contributed by atoms with Crippen LogP contribution in [0.3, 0.4) is 0 Å². The van der Waals surface area contributed by atoms with E-state index < -0.39 is 0 Å². The van der Waals surface area contributed by atoms with E-state index in [-0.39, 0.29) is 0 Å². The smallest absolute Gasteiger partial charge is 0.124 e. The molecule has 3 N–H and O–H groups in total. The first-order chi connectivity index (χ1) is 7.19. The molecule has 0 amide bonds. The fourth-order valence-corrected chi connectivity index (χ4v) is 1.80. The van der Waals surface area contributed by atoms with Crippen LogP contribution in [0, 0.1) is 13.8 Å². The second-order valence-corrected chi connectivity index (χ2v) is 3.73. The van der Waals surface area contributed by atoms with Gasteiger partial charge in [-0.2, -0.15) is 0 Å². The molecule has 0 aliphatic heterocycles. The van der Waals surface area contributed by atoms with E-state index >= 15 is 0 Å². The summed E-state index contributed by atoms with van der Waals surface area (Å²) in [5.74, 6) is 0.984. The van der Waals surface area contributed by atoms with Crippen molar-refractivity contribution in [2.24, 2.45) is 5.73 Å². The van der Waals surface area contributed by atoms with Gasteiger partial charge in [0.15, 0.2) is 0 Å². The summed E-state index contributed by atoms with van der Waals surface area (Å²) < 4.78 is 5.32. The van der Waals surface area contributed by atoms with Gasteiger partial charge in [0.25, 0.3) is 0 Å². The molecule has 0 heterocycles. The highest BCUT2D eigenvalue weighted by molar-refractivity contribution is 5.43. The van der Waals surface area contributed by atoms with Gasteiger partial charge in [-0.1, -0.05) is 12.1 Å². The van der Waals surface area contributed by atoms with Crippen LogP contribution in [0.15, 0.2) is 12.1 Å². The minimum Gasteiger partial charge on any atom is -0.496 e. The number of hydrogen-bond donors (Lipinski definition) is 2. The maximum atomic E-state index is 5.42. The molecular weight excluding hydrogens is 188 g/mol. The van der Waals surface area contributed by atoms with Gasteiger partial charge in [-0.25, -0.2) is 0 Å². The second-order valence-electron chi connectivity index (χ2n) is 3.73. The van der Waals surface area contributed by atoms with Gasteiger partial charge in [-0.3, -0.25) is 0 Å². The van der Waals surface area contributed by atoms with E-state index in [1.807, 2.05) is 0 Å². The summed E-state index contributed by atoms with van der Waals surface area (Å²) in [5.41, 5.74) is 9.06. The normalized spacial score (nSPS) is 10.4. The first-order valence-corrected chi connectivity index (χ1v) is 5.24. The summed E-state index contributed by atoms with van der Waals surface area (Å²) in [4.78, 5) is 0. The predicted molar refractivity (Wildman–Crippen MR) is 63.2 cm³/mol. The molecule has 0 saturated heterocycles. The van der Waals surface area contributed by atoms with Crippen LogP contribution >= 0.6 is 0 Å². The van der Waals surface area contributed by atoms with E-state index in [0.717, 1.165) is 18.8 Å². The van der Waals surface area contributed by atoms with E-state index in [1.54, 1.807) is 7.11 Å². The molecule has 1 aromatic rings. The van der Waals surface area contributed by atoms with E-state index in [1.165, 1.54) is 16.7 Å². The Hall–Kier alpha value is -1.06. The van der Waals surface area contributed by atoms with Crippen molar-refractivity contribution >= 4 is 0 Å². The number of methoxy groups -OCH3 is 1. The van der Waals surface area contributed by atoms with Gasteiger partial charge in [0.05, 0.1) is 7.11 Å². The van der Waals surface area contributed by atoms with Crippen molar-refractivity contribution in [1.82, 2.24) is 5.32 Å². The zero-order valence-electron chi connectivity index (χ0n) is 9.76. The van der Waals surface area contributed by atoms with Crippen LogP contribution in [0.5, 0.6) is 5.75 Å². The molecule has 0 bridgehead atoms. The third kappa shape index (κ3) is 3.22. The summed E-state index contributed by atoms with van der Waals surface area (Å²) in [6.07, 6.45) is 0. The molecule has 1 aromatic carbocycles. The molecule has 0 fully saturated rings. The molecule has 0 spiro atoms. The van der Waals surface area contributed by atoms with Gasteiger partial charge >= 0.3 is 0 Å². The fourth-order valence-electron chi connectivity index (χ4n) is 1.80. The number of benzene rings is 1. The van der Waals surface area contributed by atoms with E-state index in [0.29, 0.717) is 6.54 Å². The molecule has 0 aromatic heterocycles. The summed E-state index contributed by atoms with van der Waals surface area (Å²) in [6, 6.07) is 4.30. The lowest BCUT2D eigenvalue weighted by atomic mass is 10.1. The molecule has 3 heteroatoms. The van der Waals surface area contributed by atoms with Gasteiger partial charge in [-0.15, -0.1) is 0 Å². The van der Waals surface area contributed by atoms with Crippen molar-refractivity contribution < 1.29 is 4.74 Å². The lowest BCUT2D eigenvalue weighted by Gasteiger charge is -2.11. The Balaban J connectivity index is 2.75. The molecule has 0 radical (unpaired) electrons. The van der Waals surface area contributed by atoms with Crippen LogP contribution in [-0.4, -0.2) is 20.2 Å². The molecule has 0 unspecified atom stereocenters. The first kappa shape index (κ1) is 12.0. The summed E-state index contributed by atoms with van der Waals surface area (Å²) >= 11 is 0. The predicted octanol–water partition coefficient (Wildman–Crippen LogP) is 1.36. The maximum Gasteiger partial charge on any atom is 0.124 e. The van der Waals surface area contributed by atoms with Gasteiger partial charge in [-0.05, 0) is 30.5 Å². The summed E-state index contributed by atoms with van der Waals surface area (Å²) in [7, 11) is 1.71. The molecule has 1 rings (SSSR count). The molecule has 15 heavy (non-hydrogen) atoms. The Labute approximate surface area is 91.6 Å². The van der Waals surface area contributed by atoms with E-state index in [4.69, 9.17) is 10.5 Å². The van der Waals surface area contributed by atoms with Crippen molar-refractivity contribution in [1.29, 1.82) is 0 Å². The third-order valence-corrected chi connectivity index (χ3v) is 2.37. The summed E-state index contributed by atoms with van der Waals surface area (Å²) in [5, 5.41) is 3.28. The lowest BCUT2D eigenvalue weighted by molar-refractivity contribution is 0.408. The van der Waals surface area contributed by atoms with E-state index in [2.05, 4.69) is 31.3 Å². The van der Waals surface area contributed by atoms with Gasteiger partial charge < -0.3 is 15.8 Å². The van der Waals surface area contributed by atoms with Crippen molar-refractivity contribution in [3.63, 3.8) is 0 Å². The highest BCUT2D eigenvalue weighted by Gasteiger charge is 2.04. The van der Waals surface area contributed by atoms with E-state index in [9.17, 15) is 0 Å². The minimum absolute atomic E-state index is 0.675. The Morgan fingerprint density at radius 3 is 2.33 bits per heavy atom. The molecule has 0 atom stereocenters. The van der Waals surface area contributed by atoms with Gasteiger partial charge in [0, 0.05) is 19.6 Å². The monoisotopic (exact) mass is 208 g/mol. The van der Waals surface area contributed by atoms with Crippen molar-refractivity contribution in [2.45, 2.75) is 20.4 Å². The Kier molecular flexibility index (Phi) is 4.59. The number of nitrogens with one attached hydrogen (secondary N) is 1. The Bertz CT molecular complexity index is 300. The third-order valence-electron chi connectivity index (χ3n) is 2.37. The largest absolute Gasteiger partial charge is 0.496 e. The number of ether oxygens (including phenoxy) is 1. The first-order valence-electron chi connectivity index (χ1n) is 5.24. The van der Waals surface area contributed by atoms with Gasteiger partial charge in [0.1, 0.15) is 5.75 Å². The van der Waals surface area contributed by atoms with Crippen LogP contribution in [0.25, 0.3) is 0 Å². The Morgan fingerprint density at radius 1 is 1.27 bits per heavy atom. The summed E-state index contributed by atoms with van der Waals surface area (Å²) in [6.45, 7) is 6.53. The SMILES string of the molecule is COc1c(C)cc(CNCCN)cc1C. The standard InChI is InChI=1S/C12H20N2O/c1-9-6-11(8-14-5-4-13)7-10(2)12(9)15-3/h6-7,14H,4-5,8,13H2,1-3H3. The number of rotatable bonds is 5. The maximum absolute atomic E-state index is 5.42. The quantitative estimate of drug-likeness (QED) is 0.718. The molecule has 3 nitrogen and oxygen atoms in total. The van der Waals surface area contributed by atoms with Crippen molar-refractivity contribution in [3.8, 4) is 5.75 Å².